The number of hydrogen-bond donors (Lipinski definition) is 1. The van der Waals surface area contributed by atoms with Gasteiger partial charge in [-0.3, -0.25) is 0 Å². The highest BCUT2D eigenvalue weighted by atomic mass is 14.8. The zero-order chi connectivity index (χ0) is 18.9. The van der Waals surface area contributed by atoms with Gasteiger partial charge in [-0.15, -0.1) is 0 Å². The Labute approximate surface area is 161 Å². The van der Waals surface area contributed by atoms with E-state index in [0.29, 0.717) is 0 Å². The smallest absolute Gasteiger partial charge is 0.00463 e. The van der Waals surface area contributed by atoms with E-state index in [1.807, 2.05) is 0 Å². The zero-order valence-electron chi connectivity index (χ0n) is 18.7. The Balaban J connectivity index is 3.95. The van der Waals surface area contributed by atoms with Crippen LogP contribution in [0.2, 0.25) is 0 Å². The molecule has 0 rings (SSSR count). The van der Waals surface area contributed by atoms with E-state index in [-0.39, 0.29) is 0 Å². The molecular formula is C24H51N. The molecule has 25 heavy (non-hydrogen) atoms. The minimum atomic E-state index is 0.931. The van der Waals surface area contributed by atoms with Gasteiger partial charge >= 0.3 is 0 Å². The summed E-state index contributed by atoms with van der Waals surface area (Å²) in [5, 5.41) is 3.76. The van der Waals surface area contributed by atoms with Crippen molar-refractivity contribution in [3.63, 3.8) is 0 Å². The molecule has 1 heteroatoms. The first kappa shape index (κ1) is 25.0. The molecule has 0 aromatic rings. The second-order valence-electron chi connectivity index (χ2n) is 8.47. The Morgan fingerprint density at radius 1 is 0.480 bits per heavy atom. The van der Waals surface area contributed by atoms with Crippen LogP contribution in [0.4, 0.5) is 0 Å². The first-order valence-corrected chi connectivity index (χ1v) is 11.8. The van der Waals surface area contributed by atoms with Gasteiger partial charge in [-0.1, -0.05) is 92.9 Å². The first-order valence-electron chi connectivity index (χ1n) is 11.8. The molecule has 0 aliphatic carbocycles. The van der Waals surface area contributed by atoms with Gasteiger partial charge in [-0.2, -0.15) is 0 Å². The van der Waals surface area contributed by atoms with Gasteiger partial charge in [0, 0.05) is 0 Å². The molecule has 0 aromatic carbocycles. The van der Waals surface area contributed by atoms with Crippen molar-refractivity contribution in [2.75, 3.05) is 13.1 Å². The fraction of sp³-hybridized carbons (Fsp3) is 1.00. The van der Waals surface area contributed by atoms with E-state index in [0.717, 1.165) is 23.7 Å². The molecule has 4 atom stereocenters. The lowest BCUT2D eigenvalue weighted by Gasteiger charge is -2.23. The second kappa shape index (κ2) is 17.4. The van der Waals surface area contributed by atoms with Crippen molar-refractivity contribution in [2.45, 2.75) is 119 Å². The van der Waals surface area contributed by atoms with Crippen LogP contribution in [0, 0.1) is 23.7 Å². The molecule has 1 N–H and O–H groups in total. The Morgan fingerprint density at radius 3 is 1.08 bits per heavy atom. The average molecular weight is 354 g/mol. The number of nitrogens with one attached hydrogen (secondary N) is 1. The van der Waals surface area contributed by atoms with Crippen LogP contribution in [-0.2, 0) is 0 Å². The van der Waals surface area contributed by atoms with E-state index in [4.69, 9.17) is 0 Å². The molecule has 0 fully saturated rings. The molecule has 0 amide bonds. The molecular weight excluding hydrogens is 302 g/mol. The maximum atomic E-state index is 3.76. The van der Waals surface area contributed by atoms with Crippen molar-refractivity contribution in [1.29, 1.82) is 0 Å². The molecule has 0 aliphatic heterocycles. The van der Waals surface area contributed by atoms with Crippen LogP contribution in [0.25, 0.3) is 0 Å². The summed E-state index contributed by atoms with van der Waals surface area (Å²) in [5.74, 6) is 3.79. The lowest BCUT2D eigenvalue weighted by Crippen LogP contribution is -2.22. The molecule has 0 saturated carbocycles. The molecule has 0 bridgehead atoms. The van der Waals surface area contributed by atoms with Crippen LogP contribution in [0.3, 0.4) is 0 Å². The standard InChI is InChI=1S/C24H51N/c1-7-13-21(9-3)19-23(11-5)15-17-25-18-16-24(12-6)20-22(10-4)14-8-2/h21-25H,7-20H2,1-6H3. The van der Waals surface area contributed by atoms with Gasteiger partial charge in [0.2, 0.25) is 0 Å². The summed E-state index contributed by atoms with van der Waals surface area (Å²) in [4.78, 5) is 0. The van der Waals surface area contributed by atoms with Crippen molar-refractivity contribution in [3.05, 3.63) is 0 Å². The Hall–Kier alpha value is -0.0400. The number of rotatable bonds is 18. The van der Waals surface area contributed by atoms with Crippen LogP contribution in [0.15, 0.2) is 0 Å². The first-order chi connectivity index (χ1) is 12.1. The summed E-state index contributed by atoms with van der Waals surface area (Å²) in [6, 6.07) is 0. The van der Waals surface area contributed by atoms with Crippen molar-refractivity contribution in [2.24, 2.45) is 23.7 Å². The summed E-state index contributed by atoms with van der Waals surface area (Å²) < 4.78 is 0. The lowest BCUT2D eigenvalue weighted by atomic mass is 9.86. The monoisotopic (exact) mass is 353 g/mol. The van der Waals surface area contributed by atoms with Crippen molar-refractivity contribution >= 4 is 0 Å². The molecule has 0 spiro atoms. The Bertz CT molecular complexity index is 237. The van der Waals surface area contributed by atoms with Gasteiger partial charge in [-0.25, -0.2) is 0 Å². The molecule has 0 aliphatic rings. The highest BCUT2D eigenvalue weighted by Crippen LogP contribution is 2.26. The summed E-state index contributed by atoms with van der Waals surface area (Å²) in [7, 11) is 0. The quantitative estimate of drug-likeness (QED) is 0.247. The fourth-order valence-electron chi connectivity index (χ4n) is 4.45. The predicted octanol–water partition coefficient (Wildman–Crippen LogP) is 7.84. The minimum absolute atomic E-state index is 0.931. The topological polar surface area (TPSA) is 12.0 Å². The number of hydrogen-bond acceptors (Lipinski definition) is 1. The van der Waals surface area contributed by atoms with Crippen LogP contribution in [0.5, 0.6) is 0 Å². The van der Waals surface area contributed by atoms with E-state index in [1.54, 1.807) is 0 Å². The largest absolute Gasteiger partial charge is 0.317 e. The molecule has 0 radical (unpaired) electrons. The molecule has 0 aromatic heterocycles. The molecule has 1 nitrogen and oxygen atoms in total. The second-order valence-corrected chi connectivity index (χ2v) is 8.47. The van der Waals surface area contributed by atoms with Gasteiger partial charge in [0.1, 0.15) is 0 Å². The van der Waals surface area contributed by atoms with E-state index in [9.17, 15) is 0 Å². The third-order valence-electron chi connectivity index (χ3n) is 6.50. The van der Waals surface area contributed by atoms with E-state index >= 15 is 0 Å². The normalized spacial score (nSPS) is 16.6. The molecule has 152 valence electrons. The molecule has 0 saturated heterocycles. The lowest BCUT2D eigenvalue weighted by molar-refractivity contribution is 0.305. The van der Waals surface area contributed by atoms with Crippen LogP contribution >= 0.6 is 0 Å². The third kappa shape index (κ3) is 12.9. The van der Waals surface area contributed by atoms with E-state index < -0.39 is 0 Å². The maximum Gasteiger partial charge on any atom is -0.00463 e. The van der Waals surface area contributed by atoms with Crippen LogP contribution in [-0.4, -0.2) is 13.1 Å². The Kier molecular flexibility index (Phi) is 17.3. The average Bonchev–Trinajstić information content (AvgIpc) is 2.64. The zero-order valence-corrected chi connectivity index (χ0v) is 18.7. The third-order valence-corrected chi connectivity index (χ3v) is 6.50. The summed E-state index contributed by atoms with van der Waals surface area (Å²) in [5.41, 5.74) is 0. The summed E-state index contributed by atoms with van der Waals surface area (Å²) in [6.07, 6.45) is 16.7. The highest BCUT2D eigenvalue weighted by molar-refractivity contribution is 4.68. The molecule has 0 heterocycles. The van der Waals surface area contributed by atoms with Gasteiger partial charge < -0.3 is 5.32 Å². The van der Waals surface area contributed by atoms with Gasteiger partial charge in [0.25, 0.3) is 0 Å². The minimum Gasteiger partial charge on any atom is -0.317 e. The SMILES string of the molecule is CCCC(CC)CC(CC)CCNCCC(CC)CC(CC)CCC. The predicted molar refractivity (Wildman–Crippen MR) is 116 cm³/mol. The fourth-order valence-corrected chi connectivity index (χ4v) is 4.45. The van der Waals surface area contributed by atoms with Crippen molar-refractivity contribution in [3.8, 4) is 0 Å². The summed E-state index contributed by atoms with van der Waals surface area (Å²) in [6.45, 7) is 16.6. The van der Waals surface area contributed by atoms with Gasteiger partial charge in [0.05, 0.1) is 0 Å². The highest BCUT2D eigenvalue weighted by Gasteiger charge is 2.15. The van der Waals surface area contributed by atoms with Crippen molar-refractivity contribution < 1.29 is 0 Å². The van der Waals surface area contributed by atoms with Crippen LogP contribution < -0.4 is 5.32 Å². The van der Waals surface area contributed by atoms with Crippen molar-refractivity contribution in [1.82, 2.24) is 5.32 Å². The van der Waals surface area contributed by atoms with E-state index in [1.165, 1.54) is 90.1 Å². The summed E-state index contributed by atoms with van der Waals surface area (Å²) >= 11 is 0. The molecule has 4 unspecified atom stereocenters. The maximum absolute atomic E-state index is 3.76. The Morgan fingerprint density at radius 2 is 0.800 bits per heavy atom. The van der Waals surface area contributed by atoms with Gasteiger partial charge in [-0.05, 0) is 62.4 Å². The van der Waals surface area contributed by atoms with Gasteiger partial charge in [0.15, 0.2) is 0 Å². The van der Waals surface area contributed by atoms with Crippen LogP contribution in [0.1, 0.15) is 119 Å². The van der Waals surface area contributed by atoms with E-state index in [2.05, 4.69) is 46.9 Å².